The van der Waals surface area contributed by atoms with Crippen LogP contribution >= 0.6 is 0 Å². The number of aromatic nitrogens is 4. The zero-order valence-electron chi connectivity index (χ0n) is 49.9. The molecule has 83 heavy (non-hydrogen) atoms. The summed E-state index contributed by atoms with van der Waals surface area (Å²) in [5, 5.41) is 8.91. The molecule has 3 aliphatic rings. The second kappa shape index (κ2) is 44.2. The van der Waals surface area contributed by atoms with E-state index in [2.05, 4.69) is 71.8 Å². The Labute approximate surface area is 486 Å². The van der Waals surface area contributed by atoms with Crippen molar-refractivity contribution < 1.29 is 76.1 Å². The van der Waals surface area contributed by atoms with Crippen LogP contribution in [0.1, 0.15) is 0 Å². The van der Waals surface area contributed by atoms with Crippen molar-refractivity contribution in [1.29, 1.82) is 0 Å². The van der Waals surface area contributed by atoms with Crippen molar-refractivity contribution in [2.45, 2.75) is 12.3 Å². The van der Waals surface area contributed by atoms with E-state index in [4.69, 9.17) is 74.5 Å². The van der Waals surface area contributed by atoms with Crippen LogP contribution in [0.3, 0.4) is 0 Å². The largest absolute Gasteiger partial charge is 0.424 e. The van der Waals surface area contributed by atoms with Gasteiger partial charge in [0.1, 0.15) is 110 Å². The molecule has 6 amide bonds. The van der Waals surface area contributed by atoms with E-state index in [1.54, 1.807) is 98.8 Å². The number of nitrogens with zero attached hydrogens (tertiary/aromatic N) is 14. The van der Waals surface area contributed by atoms with E-state index in [1.165, 1.54) is 19.6 Å². The highest BCUT2D eigenvalue weighted by molar-refractivity contribution is 5.84. The highest BCUT2D eigenvalue weighted by Crippen LogP contribution is 2.33. The van der Waals surface area contributed by atoms with Crippen LogP contribution in [-0.4, -0.2) is 285 Å². The molecule has 5 rings (SSSR count). The average molecular weight is 1180 g/mol. The lowest BCUT2D eigenvalue weighted by molar-refractivity contribution is -0.0987. The molecule has 3 fully saturated rings. The van der Waals surface area contributed by atoms with Gasteiger partial charge in [-0.3, -0.25) is 29.4 Å². The molecule has 5 heterocycles. The number of likely N-dealkylation sites (N-methyl/N-ethyl adjacent to an activating group) is 2. The SMILES string of the molecule is C#CC#COCN1C(=O)N(COC#CC#C)C2C1N(C)C(=O)N2C.C=O.C=O.COCN(COC)c1cc(N(C)C)nc(N(COC)COC)n1.COCN1CN(C)CN(COC)C1=O.COCNc1cc(NCOC)nc(NCOC)n1. The zero-order valence-corrected chi connectivity index (χ0v) is 49.9. The fourth-order valence-electron chi connectivity index (χ4n) is 7.08. The first kappa shape index (κ1) is 74.5. The molecule has 0 saturated carbocycles. The normalized spacial score (nSPS) is 14.6. The van der Waals surface area contributed by atoms with E-state index in [1.807, 2.05) is 55.5 Å². The molecule has 0 aromatic carbocycles. The van der Waals surface area contributed by atoms with Crippen molar-refractivity contribution in [2.24, 2.45) is 0 Å². The van der Waals surface area contributed by atoms with Gasteiger partial charge in [-0.15, -0.1) is 12.8 Å². The first-order valence-corrected chi connectivity index (χ1v) is 24.2. The highest BCUT2D eigenvalue weighted by Gasteiger charge is 2.57. The molecular weight excluding hydrogens is 1090 g/mol. The molecule has 2 unspecified atom stereocenters. The smallest absolute Gasteiger partial charge is 0.329 e. The predicted octanol–water partition coefficient (Wildman–Crippen LogP) is 0.0136. The lowest BCUT2D eigenvalue weighted by atomic mass is 10.3. The van der Waals surface area contributed by atoms with Gasteiger partial charge < -0.3 is 97.2 Å². The Balaban J connectivity index is 0.00000108. The molecule has 2 aromatic heterocycles. The van der Waals surface area contributed by atoms with Crippen LogP contribution in [0.15, 0.2) is 12.1 Å². The molecule has 3 aliphatic heterocycles. The van der Waals surface area contributed by atoms with Crippen molar-refractivity contribution in [3.63, 3.8) is 0 Å². The standard InChI is InChI=1S/C16H14N4O4.C14H27N5O4.C10H19N5O3.C8H17N3O3.2CH2O/c1-5-7-9-23-11-19-13-14(18(4)15(21)17(13)3)20(16(19)22)12-24-10-8-6-2;1-17(2)12-7-13(18(8-20-3)9-21-4)16-14(15-12)19(10-22-5)11-23-6;1-16-5-11-8-4-9(12-6-17-2)15-10(14-8)13-7-18-3;1-9-4-10(6-13-2)8(12)11(5-9)7-14-3;2*1-2/h1-2,13-14H,11-12H2,3-4H3;7H,8-11H2,1-6H3;4H,5-7H2,1-3H3,(H3,11,12,13,14,15);4-7H2,1-3H3;2*1H2. The summed E-state index contributed by atoms with van der Waals surface area (Å²) >= 11 is 0. The Morgan fingerprint density at radius 1 is 0.542 bits per heavy atom. The monoisotopic (exact) mass is 1180 g/mol. The van der Waals surface area contributed by atoms with Gasteiger partial charge in [0.15, 0.2) is 25.8 Å². The van der Waals surface area contributed by atoms with Gasteiger partial charge in [-0.05, 0) is 18.9 Å². The first-order chi connectivity index (χ1) is 40.1. The Kier molecular flexibility index (Phi) is 39.7. The molecule has 0 aliphatic carbocycles. The van der Waals surface area contributed by atoms with Crippen molar-refractivity contribution in [3.8, 4) is 48.7 Å². The summed E-state index contributed by atoms with van der Waals surface area (Å²) in [5.74, 6) is 12.5. The van der Waals surface area contributed by atoms with Gasteiger partial charge in [-0.25, -0.2) is 14.4 Å². The molecule has 3 N–H and O–H groups in total. The minimum Gasteiger partial charge on any atom is -0.424 e. The number of anilines is 6. The molecule has 2 atom stereocenters. The van der Waals surface area contributed by atoms with Crippen LogP contribution in [-0.2, 0) is 61.7 Å². The van der Waals surface area contributed by atoms with E-state index >= 15 is 0 Å². The molecule has 3 saturated heterocycles. The van der Waals surface area contributed by atoms with Gasteiger partial charge in [-0.1, -0.05) is 0 Å². The quantitative estimate of drug-likeness (QED) is 0.0747. The molecule has 462 valence electrons. The van der Waals surface area contributed by atoms with Crippen LogP contribution in [0, 0.1) is 48.7 Å². The maximum Gasteiger partial charge on any atom is 0.329 e. The molecule has 0 radical (unpaired) electrons. The summed E-state index contributed by atoms with van der Waals surface area (Å²) < 4.78 is 55.6. The number of rotatable bonds is 28. The van der Waals surface area contributed by atoms with Crippen LogP contribution < -0.4 is 30.7 Å². The number of nitrogens with one attached hydrogen (secondary N) is 3. The third-order valence-corrected chi connectivity index (χ3v) is 10.3. The number of carbonyl (C=O) groups excluding carboxylic acids is 5. The molecule has 2 aromatic rings. The van der Waals surface area contributed by atoms with Crippen molar-refractivity contribution in [1.82, 2.24) is 54.2 Å². The van der Waals surface area contributed by atoms with Crippen molar-refractivity contribution >= 4 is 66.8 Å². The molecule has 33 nitrogen and oxygen atoms in total. The molecule has 33 heteroatoms. The lowest BCUT2D eigenvalue weighted by Gasteiger charge is -2.39. The van der Waals surface area contributed by atoms with Gasteiger partial charge in [0.25, 0.3) is 0 Å². The topological polar surface area (TPSA) is 307 Å². The highest BCUT2D eigenvalue weighted by atomic mass is 16.5. The number of hydrogen-bond donors (Lipinski definition) is 3. The summed E-state index contributed by atoms with van der Waals surface area (Å²) in [4.78, 5) is 86.5. The number of amides is 6. The zero-order chi connectivity index (χ0) is 62.7. The summed E-state index contributed by atoms with van der Waals surface area (Å²) in [6.45, 7) is 7.91. The van der Waals surface area contributed by atoms with Crippen LogP contribution in [0.4, 0.5) is 49.6 Å². The van der Waals surface area contributed by atoms with E-state index in [0.29, 0.717) is 103 Å². The van der Waals surface area contributed by atoms with E-state index in [0.717, 1.165) is 5.82 Å². The van der Waals surface area contributed by atoms with Crippen LogP contribution in [0.2, 0.25) is 0 Å². The first-order valence-electron chi connectivity index (χ1n) is 24.2. The lowest BCUT2D eigenvalue weighted by Crippen LogP contribution is -2.57. The van der Waals surface area contributed by atoms with Crippen LogP contribution in [0.5, 0.6) is 0 Å². The second-order valence-corrected chi connectivity index (χ2v) is 16.5. The van der Waals surface area contributed by atoms with Crippen molar-refractivity contribution in [2.75, 3.05) is 217 Å². The predicted molar refractivity (Wildman–Crippen MR) is 305 cm³/mol. The molecule has 0 bridgehead atoms. The van der Waals surface area contributed by atoms with Gasteiger partial charge >= 0.3 is 18.1 Å². The minimum atomic E-state index is -0.549. The average Bonchev–Trinajstić information content (AvgIpc) is 2.26. The Morgan fingerprint density at radius 2 is 0.952 bits per heavy atom. The van der Waals surface area contributed by atoms with E-state index < -0.39 is 12.3 Å². The van der Waals surface area contributed by atoms with E-state index in [9.17, 15) is 14.4 Å². The fourth-order valence-corrected chi connectivity index (χ4v) is 7.08. The third kappa shape index (κ3) is 25.5. The van der Waals surface area contributed by atoms with E-state index in [-0.39, 0.29) is 31.6 Å². The number of fused-ring (bicyclic) bond motifs is 1. The number of urea groups is 3. The number of carbonyl (C=O) groups is 5. The van der Waals surface area contributed by atoms with Crippen molar-refractivity contribution in [3.05, 3.63) is 12.1 Å². The minimum absolute atomic E-state index is 0.0493. The maximum atomic E-state index is 12.6. The maximum absolute atomic E-state index is 12.6. The fraction of sp³-hybridized carbons (Fsp3) is 0.580. The third-order valence-electron chi connectivity index (χ3n) is 10.3. The number of methoxy groups -OCH3 is 9. The molecular formula is C50H81N17O16. The summed E-state index contributed by atoms with van der Waals surface area (Å²) in [6, 6.07) is 2.96. The van der Waals surface area contributed by atoms with Gasteiger partial charge in [0.2, 0.25) is 11.9 Å². The van der Waals surface area contributed by atoms with Crippen LogP contribution in [0.25, 0.3) is 0 Å². The Morgan fingerprint density at radius 3 is 1.34 bits per heavy atom. The summed E-state index contributed by atoms with van der Waals surface area (Å²) in [5.41, 5.74) is 0. The number of hydrogen-bond acceptors (Lipinski definition) is 27. The summed E-state index contributed by atoms with van der Waals surface area (Å²) in [6.07, 6.45) is 13.5. The van der Waals surface area contributed by atoms with Gasteiger partial charge in [0.05, 0.1) is 13.3 Å². The Hall–Kier alpha value is -8.45. The van der Waals surface area contributed by atoms with Gasteiger partial charge in [0, 0.05) is 116 Å². The van der Waals surface area contributed by atoms with Gasteiger partial charge in [-0.2, -0.15) is 19.9 Å². The Bertz CT molecular complexity index is 2210. The number of terminal acetylenes is 2. The molecule has 0 spiro atoms. The second-order valence-electron chi connectivity index (χ2n) is 16.5. The summed E-state index contributed by atoms with van der Waals surface area (Å²) in [7, 11) is 23.4. The number of ether oxygens (including phenoxy) is 11.